The minimum absolute atomic E-state index is 0.826. The molecule has 0 heterocycles. The molecule has 0 unspecified atom stereocenters. The van der Waals surface area contributed by atoms with Gasteiger partial charge < -0.3 is 0 Å². The third-order valence-electron chi connectivity index (χ3n) is 1.50. The van der Waals surface area contributed by atoms with E-state index in [2.05, 4.69) is 0 Å². The van der Waals surface area contributed by atoms with Crippen LogP contribution in [-0.2, 0) is 0 Å². The van der Waals surface area contributed by atoms with Gasteiger partial charge in [0.15, 0.2) is 4.33 Å². The Morgan fingerprint density at radius 2 is 0.550 bits per heavy atom. The third-order valence-corrected chi connectivity index (χ3v) is 8.54. The zero-order valence-electron chi connectivity index (χ0n) is 8.29. The van der Waals surface area contributed by atoms with Crippen molar-refractivity contribution in [1.29, 1.82) is 0 Å². The van der Waals surface area contributed by atoms with Gasteiger partial charge in [-0.3, -0.25) is 0 Å². The van der Waals surface area contributed by atoms with Gasteiger partial charge in [-0.15, -0.1) is 0 Å². The number of halogens is 14. The molecule has 0 aliphatic rings. The van der Waals surface area contributed by atoms with E-state index in [1.54, 1.807) is 0 Å². The van der Waals surface area contributed by atoms with Crippen molar-refractivity contribution >= 4 is 176 Å². The van der Waals surface area contributed by atoms with E-state index in [4.69, 9.17) is 157 Å². The van der Waals surface area contributed by atoms with E-state index in [1.807, 2.05) is 0 Å². The molecule has 0 radical (unpaired) electrons. The van der Waals surface area contributed by atoms with Gasteiger partial charge in [-0.1, -0.05) is 139 Å². The van der Waals surface area contributed by atoms with Crippen molar-refractivity contribution in [2.24, 2.45) is 0 Å². The fourth-order valence-corrected chi connectivity index (χ4v) is 3.31. The standard InChI is InChI=1S/C5Cl12.2ClH.Sb.H/c6-1(7,2(8,9)4(12,13)14)3(10,11)5(15,16)17;;;;/h;2*1H;;/q;;;+2;/p-2. The molecule has 0 aliphatic carbocycles. The molecule has 15 heteroatoms. The van der Waals surface area contributed by atoms with Gasteiger partial charge in [0.25, 0.3) is 0 Å². The number of alkyl halides is 12. The second-order valence-corrected chi connectivity index (χ2v) is 15.6. The average molecular weight is 679 g/mol. The molecule has 0 saturated heterocycles. The van der Waals surface area contributed by atoms with E-state index < -0.39 is 39.9 Å². The number of hydrogen-bond acceptors (Lipinski definition) is 0. The molecule has 0 aromatic carbocycles. The Morgan fingerprint density at radius 1 is 0.400 bits per heavy atom. The van der Waals surface area contributed by atoms with Gasteiger partial charge >= 0.3 is 37.0 Å². The fourth-order valence-electron chi connectivity index (χ4n) is 0.553. The molecule has 0 aliphatic heterocycles. The van der Waals surface area contributed by atoms with Crippen molar-refractivity contribution in [3.05, 3.63) is 0 Å². The summed E-state index contributed by atoms with van der Waals surface area (Å²) in [7, 11) is 9.87. The molecule has 0 amide bonds. The topological polar surface area (TPSA) is 0 Å². The predicted molar refractivity (Wildman–Crippen MR) is 103 cm³/mol. The van der Waals surface area contributed by atoms with Gasteiger partial charge in [0.1, 0.15) is 0 Å². The van der Waals surface area contributed by atoms with Crippen LogP contribution in [0.3, 0.4) is 0 Å². The van der Waals surface area contributed by atoms with E-state index in [9.17, 15) is 0 Å². The first-order chi connectivity index (χ1) is 8.41. The van der Waals surface area contributed by atoms with E-state index >= 15 is 0 Å². The maximum atomic E-state index is 5.82. The summed E-state index contributed by atoms with van der Waals surface area (Å²) in [5.41, 5.74) is 0. The summed E-state index contributed by atoms with van der Waals surface area (Å²) in [6.07, 6.45) is 0. The Labute approximate surface area is 193 Å². The first kappa shape index (κ1) is 27.1. The summed E-state index contributed by atoms with van der Waals surface area (Å²) in [4.78, 5) is 0. The predicted octanol–water partition coefficient (Wildman–Crippen LogP) is 7.98. The Bertz CT molecular complexity index is 270. The van der Waals surface area contributed by atoms with Crippen LogP contribution in [0, 0.1) is 0 Å². The molecule has 0 atom stereocenters. The van der Waals surface area contributed by atoms with Crippen LogP contribution in [0.25, 0.3) is 0 Å². The van der Waals surface area contributed by atoms with Gasteiger partial charge in [-0.05, 0) is 0 Å². The zero-order chi connectivity index (χ0) is 17.2. The molecular weight excluding hydrogens is 678 g/mol. The van der Waals surface area contributed by atoms with Crippen LogP contribution in [0.4, 0.5) is 0 Å². The van der Waals surface area contributed by atoms with Gasteiger partial charge in [0, 0.05) is 0 Å². The first-order valence-corrected chi connectivity index (χ1v) is 15.4. The maximum absolute atomic E-state index is 5.82. The normalized spacial score (nSPS) is 14.7. The summed E-state index contributed by atoms with van der Waals surface area (Å²) in [5.74, 6) is 0. The Balaban J connectivity index is 0. The van der Waals surface area contributed by atoms with E-state index in [0.29, 0.717) is 0 Å². The van der Waals surface area contributed by atoms with Crippen molar-refractivity contribution in [1.82, 2.24) is 0 Å². The second-order valence-electron chi connectivity index (χ2n) is 2.79. The van der Waals surface area contributed by atoms with E-state index in [0.717, 1.165) is 0 Å². The molecule has 0 rings (SSSR count). The third kappa shape index (κ3) is 6.55. The molecule has 0 aromatic rings. The first-order valence-electron chi connectivity index (χ1n) is 3.65. The van der Waals surface area contributed by atoms with Crippen molar-refractivity contribution < 1.29 is 0 Å². The summed E-state index contributed by atoms with van der Waals surface area (Å²) >= 11 is 66.9. The van der Waals surface area contributed by atoms with Crippen LogP contribution < -0.4 is 0 Å². The number of hydrogen-bond donors (Lipinski definition) is 0. The molecular formula is C5HCl14Sb. The molecule has 0 aromatic heterocycles. The van der Waals surface area contributed by atoms with Crippen LogP contribution in [0.2, 0.25) is 0 Å². The fraction of sp³-hybridized carbons (Fsp3) is 1.00. The van der Waals surface area contributed by atoms with Crippen LogP contribution >= 0.6 is 157 Å². The Kier molecular flexibility index (Phi) is 13.2. The molecule has 0 bridgehead atoms. The van der Waals surface area contributed by atoms with Crippen LogP contribution in [0.1, 0.15) is 0 Å². The molecule has 124 valence electrons. The monoisotopic (exact) mass is 671 g/mol. The van der Waals surface area contributed by atoms with Crippen molar-refractivity contribution in [2.75, 3.05) is 0 Å². The summed E-state index contributed by atoms with van der Waals surface area (Å²) < 4.78 is -12.2. The zero-order valence-corrected chi connectivity index (χ0v) is 21.7. The van der Waals surface area contributed by atoms with Crippen molar-refractivity contribution in [2.45, 2.75) is 20.6 Å². The van der Waals surface area contributed by atoms with Gasteiger partial charge in [0.05, 0.1) is 0 Å². The molecule has 0 nitrogen and oxygen atoms in total. The van der Waals surface area contributed by atoms with Crippen LogP contribution in [0.5, 0.6) is 0 Å². The molecule has 0 spiro atoms. The van der Waals surface area contributed by atoms with E-state index in [-0.39, 0.29) is 0 Å². The van der Waals surface area contributed by atoms with Crippen molar-refractivity contribution in [3.63, 3.8) is 0 Å². The quantitative estimate of drug-likeness (QED) is 0.205. The molecule has 20 heavy (non-hydrogen) atoms. The molecule has 0 fully saturated rings. The second kappa shape index (κ2) is 9.71. The van der Waals surface area contributed by atoms with Gasteiger partial charge in [0.2, 0.25) is 16.3 Å². The number of rotatable bonds is 2. The average Bonchev–Trinajstić information content (AvgIpc) is 2.14. The summed E-state index contributed by atoms with van der Waals surface area (Å²) in [6.45, 7) is 0. The van der Waals surface area contributed by atoms with Crippen LogP contribution in [-0.4, -0.2) is 39.9 Å². The Hall–Kier alpha value is 4.88. The van der Waals surface area contributed by atoms with Crippen LogP contribution in [0.15, 0.2) is 0 Å². The van der Waals surface area contributed by atoms with E-state index in [1.165, 1.54) is 0 Å². The summed E-state index contributed by atoms with van der Waals surface area (Å²) in [6, 6.07) is 0. The summed E-state index contributed by atoms with van der Waals surface area (Å²) in [5, 5.41) is 0. The molecule has 0 saturated carbocycles. The van der Waals surface area contributed by atoms with Gasteiger partial charge in [-0.25, -0.2) is 0 Å². The minimum atomic E-state index is -2.53. The van der Waals surface area contributed by atoms with Gasteiger partial charge in [-0.2, -0.15) is 0 Å². The van der Waals surface area contributed by atoms with Crippen molar-refractivity contribution in [3.8, 4) is 0 Å². The SMILES string of the molecule is ClC(Cl)(Cl)C(Cl)(Cl)C(Cl)(Cl)C(Cl)(Cl)C(Cl)(Cl)Cl.[Cl][SbH][Cl]. The Morgan fingerprint density at radius 3 is 0.650 bits per heavy atom. The molecule has 0 N–H and O–H groups in total.